The van der Waals surface area contributed by atoms with Crippen LogP contribution >= 0.6 is 24.0 Å². The van der Waals surface area contributed by atoms with Crippen molar-refractivity contribution in [1.29, 1.82) is 0 Å². The third-order valence-corrected chi connectivity index (χ3v) is 3.79. The molecule has 0 saturated heterocycles. The number of halogens is 1. The number of benzene rings is 1. The highest BCUT2D eigenvalue weighted by molar-refractivity contribution is 14.0. The van der Waals surface area contributed by atoms with Gasteiger partial charge in [0.15, 0.2) is 5.96 Å². The second kappa shape index (κ2) is 14.8. The Hall–Kier alpha value is -1.31. The van der Waals surface area contributed by atoms with E-state index in [1.807, 2.05) is 31.2 Å². The van der Waals surface area contributed by atoms with Gasteiger partial charge in [0.2, 0.25) is 0 Å². The minimum atomic E-state index is -0.0384. The van der Waals surface area contributed by atoms with Crippen LogP contribution in [0.25, 0.3) is 0 Å². The van der Waals surface area contributed by atoms with Crippen LogP contribution in [0.15, 0.2) is 29.3 Å². The summed E-state index contributed by atoms with van der Waals surface area (Å²) < 4.78 is 0. The second-order valence-electron chi connectivity index (χ2n) is 6.57. The molecule has 5 nitrogen and oxygen atoms in total. The summed E-state index contributed by atoms with van der Waals surface area (Å²) >= 11 is 0. The highest BCUT2D eigenvalue weighted by atomic mass is 127. The van der Waals surface area contributed by atoms with Crippen LogP contribution in [0, 0.1) is 5.92 Å². The molecule has 1 aromatic carbocycles. The predicted octanol–water partition coefficient (Wildman–Crippen LogP) is 3.94. The van der Waals surface area contributed by atoms with E-state index in [4.69, 9.17) is 0 Å². The van der Waals surface area contributed by atoms with Crippen molar-refractivity contribution in [3.63, 3.8) is 0 Å². The minimum Gasteiger partial charge on any atom is -0.357 e. The van der Waals surface area contributed by atoms with Gasteiger partial charge < -0.3 is 16.0 Å². The van der Waals surface area contributed by atoms with Crippen molar-refractivity contribution in [1.82, 2.24) is 16.0 Å². The van der Waals surface area contributed by atoms with E-state index in [0.717, 1.165) is 37.0 Å². The number of aliphatic imine (C=N–C) groups is 1. The Balaban J connectivity index is 0.00000625. The van der Waals surface area contributed by atoms with Gasteiger partial charge in [0.1, 0.15) is 0 Å². The quantitative estimate of drug-likeness (QED) is 0.208. The van der Waals surface area contributed by atoms with E-state index in [2.05, 4.69) is 41.7 Å². The number of guanidine groups is 1. The van der Waals surface area contributed by atoms with Crippen molar-refractivity contribution in [2.75, 3.05) is 19.6 Å². The van der Waals surface area contributed by atoms with Crippen LogP contribution in [0.4, 0.5) is 0 Å². The molecule has 1 aromatic rings. The molecule has 3 N–H and O–H groups in total. The lowest BCUT2D eigenvalue weighted by atomic mass is 10.1. The highest BCUT2D eigenvalue weighted by Gasteiger charge is 2.05. The van der Waals surface area contributed by atoms with E-state index < -0.39 is 0 Å². The van der Waals surface area contributed by atoms with Gasteiger partial charge >= 0.3 is 0 Å². The third kappa shape index (κ3) is 10.6. The Kier molecular flexibility index (Phi) is 14.1. The summed E-state index contributed by atoms with van der Waals surface area (Å²) in [5.74, 6) is 1.55. The zero-order chi connectivity index (χ0) is 18.5. The smallest absolute Gasteiger partial charge is 0.251 e. The number of nitrogens with one attached hydrogen (secondary N) is 3. The molecule has 0 fully saturated rings. The summed E-state index contributed by atoms with van der Waals surface area (Å²) in [6.45, 7) is 11.4. The molecule has 0 spiro atoms. The largest absolute Gasteiger partial charge is 0.357 e. The average Bonchev–Trinajstić information content (AvgIpc) is 2.59. The standard InChI is InChI=1S/C20H34N4O.HI/c1-5-21-19(25)18-12-9-11-17(14-18)15-24-20(22-6-2)23-13-8-7-10-16(3)4;/h9,11-12,14,16H,5-8,10,13,15H2,1-4H3,(H,21,25)(H2,22,23,24);1H. The zero-order valence-corrected chi connectivity index (χ0v) is 18.9. The SMILES string of the molecule is CCNC(=O)c1cccc(CN=C(NCC)NCCCCC(C)C)c1.I. The van der Waals surface area contributed by atoms with Crippen molar-refractivity contribution in [2.45, 2.75) is 53.5 Å². The Bertz CT molecular complexity index is 546. The zero-order valence-electron chi connectivity index (χ0n) is 16.6. The van der Waals surface area contributed by atoms with Crippen molar-refractivity contribution in [3.05, 3.63) is 35.4 Å². The molecule has 0 atom stereocenters. The van der Waals surface area contributed by atoms with Crippen molar-refractivity contribution < 1.29 is 4.79 Å². The molecule has 0 aliphatic carbocycles. The van der Waals surface area contributed by atoms with Gasteiger partial charge in [-0.25, -0.2) is 4.99 Å². The summed E-state index contributed by atoms with van der Waals surface area (Å²) in [5, 5.41) is 9.47. The summed E-state index contributed by atoms with van der Waals surface area (Å²) in [7, 11) is 0. The summed E-state index contributed by atoms with van der Waals surface area (Å²) in [5.41, 5.74) is 1.71. The normalized spacial score (nSPS) is 11.0. The lowest BCUT2D eigenvalue weighted by molar-refractivity contribution is 0.0955. The van der Waals surface area contributed by atoms with Gasteiger partial charge in [0.05, 0.1) is 6.54 Å². The van der Waals surface area contributed by atoms with Gasteiger partial charge in [-0.3, -0.25) is 4.79 Å². The molecule has 1 rings (SSSR count). The maximum absolute atomic E-state index is 11.9. The lowest BCUT2D eigenvalue weighted by Gasteiger charge is -2.12. The van der Waals surface area contributed by atoms with Crippen LogP contribution in [0.3, 0.4) is 0 Å². The van der Waals surface area contributed by atoms with Crippen LogP contribution in [0.1, 0.15) is 62.9 Å². The summed E-state index contributed by atoms with van der Waals surface area (Å²) in [4.78, 5) is 16.5. The second-order valence-corrected chi connectivity index (χ2v) is 6.57. The monoisotopic (exact) mass is 474 g/mol. The molecule has 0 aromatic heterocycles. The van der Waals surface area contributed by atoms with E-state index in [-0.39, 0.29) is 29.9 Å². The average molecular weight is 474 g/mol. The topological polar surface area (TPSA) is 65.5 Å². The van der Waals surface area contributed by atoms with Crippen LogP contribution in [-0.4, -0.2) is 31.5 Å². The number of rotatable bonds is 10. The molecule has 0 aliphatic rings. The van der Waals surface area contributed by atoms with Crippen LogP contribution in [0.5, 0.6) is 0 Å². The first-order valence-corrected chi connectivity index (χ1v) is 9.46. The van der Waals surface area contributed by atoms with Gasteiger partial charge in [0, 0.05) is 25.2 Å². The Morgan fingerprint density at radius 2 is 1.81 bits per heavy atom. The first kappa shape index (κ1) is 24.7. The number of nitrogens with zero attached hydrogens (tertiary/aromatic N) is 1. The molecule has 1 amide bonds. The van der Waals surface area contributed by atoms with Crippen LogP contribution in [0.2, 0.25) is 0 Å². The fraction of sp³-hybridized carbons (Fsp3) is 0.600. The van der Waals surface area contributed by atoms with Crippen molar-refractivity contribution in [2.24, 2.45) is 10.9 Å². The molecule has 0 aliphatic heterocycles. The van der Waals surface area contributed by atoms with Gasteiger partial charge in [-0.2, -0.15) is 0 Å². The predicted molar refractivity (Wildman–Crippen MR) is 121 cm³/mol. The molecule has 0 saturated carbocycles. The Morgan fingerprint density at radius 3 is 2.46 bits per heavy atom. The minimum absolute atomic E-state index is 0. The number of carbonyl (C=O) groups excluding carboxylic acids is 1. The first-order valence-electron chi connectivity index (χ1n) is 9.46. The maximum Gasteiger partial charge on any atom is 0.251 e. The van der Waals surface area contributed by atoms with E-state index in [9.17, 15) is 4.79 Å². The summed E-state index contributed by atoms with van der Waals surface area (Å²) in [6.07, 6.45) is 3.65. The van der Waals surface area contributed by atoms with Crippen molar-refractivity contribution >= 4 is 35.8 Å². The first-order chi connectivity index (χ1) is 12.1. The Labute approximate surface area is 175 Å². The molecule has 0 bridgehead atoms. The van der Waals surface area contributed by atoms with E-state index in [0.29, 0.717) is 18.7 Å². The Morgan fingerprint density at radius 1 is 1.08 bits per heavy atom. The van der Waals surface area contributed by atoms with E-state index in [1.165, 1.54) is 12.8 Å². The number of hydrogen-bond donors (Lipinski definition) is 3. The third-order valence-electron chi connectivity index (χ3n) is 3.79. The molecule has 0 heterocycles. The van der Waals surface area contributed by atoms with Crippen LogP contribution in [-0.2, 0) is 6.54 Å². The number of unbranched alkanes of at least 4 members (excludes halogenated alkanes) is 1. The molecule has 26 heavy (non-hydrogen) atoms. The molecular weight excluding hydrogens is 439 g/mol. The maximum atomic E-state index is 11.9. The van der Waals surface area contributed by atoms with E-state index >= 15 is 0 Å². The number of carbonyl (C=O) groups is 1. The fourth-order valence-electron chi connectivity index (χ4n) is 2.47. The van der Waals surface area contributed by atoms with Gasteiger partial charge in [-0.1, -0.05) is 38.8 Å². The number of hydrogen-bond acceptors (Lipinski definition) is 2. The number of amides is 1. The molecule has 0 radical (unpaired) electrons. The van der Waals surface area contributed by atoms with E-state index in [1.54, 1.807) is 0 Å². The highest BCUT2D eigenvalue weighted by Crippen LogP contribution is 2.07. The molecule has 148 valence electrons. The van der Waals surface area contributed by atoms with Crippen LogP contribution < -0.4 is 16.0 Å². The van der Waals surface area contributed by atoms with Gasteiger partial charge in [-0.15, -0.1) is 24.0 Å². The van der Waals surface area contributed by atoms with Crippen molar-refractivity contribution in [3.8, 4) is 0 Å². The summed E-state index contributed by atoms with van der Waals surface area (Å²) in [6, 6.07) is 7.64. The lowest BCUT2D eigenvalue weighted by Crippen LogP contribution is -2.37. The van der Waals surface area contributed by atoms with Gasteiger partial charge in [-0.05, 0) is 43.9 Å². The molecular formula is C20H35IN4O. The van der Waals surface area contributed by atoms with Gasteiger partial charge in [0.25, 0.3) is 5.91 Å². The fourth-order valence-corrected chi connectivity index (χ4v) is 2.47. The molecule has 6 heteroatoms. The molecule has 0 unspecified atom stereocenters.